The van der Waals surface area contributed by atoms with Crippen molar-refractivity contribution in [2.45, 2.75) is 17.8 Å². The standard InChI is InChI=1S/C16H18N4O4S/c1-19-13-12(14(22)18-15(19)23)20(16(17-13)25-2)8-10(21)9-24-11-6-4-3-5-7-11/h3-7,10,21H,8-9H2,1-2H3,(H,18,22,23)/t10-/m0/s1. The summed E-state index contributed by atoms with van der Waals surface area (Å²) in [6, 6.07) is 9.16. The molecule has 1 aromatic carbocycles. The summed E-state index contributed by atoms with van der Waals surface area (Å²) in [5.41, 5.74) is -0.510. The van der Waals surface area contributed by atoms with E-state index in [4.69, 9.17) is 4.74 Å². The van der Waals surface area contributed by atoms with E-state index in [-0.39, 0.29) is 24.3 Å². The lowest BCUT2D eigenvalue weighted by molar-refractivity contribution is 0.0914. The van der Waals surface area contributed by atoms with E-state index in [0.29, 0.717) is 10.9 Å². The molecule has 0 aliphatic carbocycles. The quantitative estimate of drug-likeness (QED) is 0.622. The number of hydrogen-bond donors (Lipinski definition) is 2. The van der Waals surface area contributed by atoms with Crippen molar-refractivity contribution in [1.29, 1.82) is 0 Å². The maximum atomic E-state index is 12.2. The lowest BCUT2D eigenvalue weighted by atomic mass is 10.3. The van der Waals surface area contributed by atoms with E-state index in [0.717, 1.165) is 0 Å². The van der Waals surface area contributed by atoms with Gasteiger partial charge < -0.3 is 14.4 Å². The van der Waals surface area contributed by atoms with Crippen LogP contribution in [-0.4, -0.2) is 43.2 Å². The number of H-pyrrole nitrogens is 1. The molecule has 0 unspecified atom stereocenters. The van der Waals surface area contributed by atoms with Crippen LogP contribution in [0.5, 0.6) is 5.75 Å². The summed E-state index contributed by atoms with van der Waals surface area (Å²) in [7, 11) is 1.54. The maximum absolute atomic E-state index is 12.2. The van der Waals surface area contributed by atoms with Crippen LogP contribution in [0, 0.1) is 0 Å². The number of nitrogens with zero attached hydrogens (tertiary/aromatic N) is 3. The zero-order valence-corrected chi connectivity index (χ0v) is 14.6. The summed E-state index contributed by atoms with van der Waals surface area (Å²) in [4.78, 5) is 30.5. The summed E-state index contributed by atoms with van der Waals surface area (Å²) < 4.78 is 8.43. The van der Waals surface area contributed by atoms with Crippen LogP contribution in [0.2, 0.25) is 0 Å². The number of ether oxygens (including phenoxy) is 1. The molecule has 0 fully saturated rings. The van der Waals surface area contributed by atoms with E-state index >= 15 is 0 Å². The number of rotatable bonds is 6. The van der Waals surface area contributed by atoms with Crippen LogP contribution in [0.15, 0.2) is 45.1 Å². The van der Waals surface area contributed by atoms with Crippen LogP contribution in [0.4, 0.5) is 0 Å². The largest absolute Gasteiger partial charge is 0.491 e. The van der Waals surface area contributed by atoms with E-state index in [1.165, 1.54) is 23.4 Å². The van der Waals surface area contributed by atoms with Gasteiger partial charge >= 0.3 is 5.69 Å². The van der Waals surface area contributed by atoms with Gasteiger partial charge in [-0.3, -0.25) is 14.3 Å². The first-order valence-electron chi connectivity index (χ1n) is 7.60. The predicted octanol–water partition coefficient (Wildman–Crippen LogP) is 0.585. The first-order valence-corrected chi connectivity index (χ1v) is 8.83. The Hall–Kier alpha value is -2.52. The number of fused-ring (bicyclic) bond motifs is 1. The van der Waals surface area contributed by atoms with Gasteiger partial charge in [-0.05, 0) is 18.4 Å². The lowest BCUT2D eigenvalue weighted by Crippen LogP contribution is -2.30. The topological polar surface area (TPSA) is 102 Å². The average molecular weight is 362 g/mol. The molecule has 2 N–H and O–H groups in total. The van der Waals surface area contributed by atoms with Gasteiger partial charge in [-0.2, -0.15) is 0 Å². The van der Waals surface area contributed by atoms with Gasteiger partial charge in [0.2, 0.25) is 0 Å². The highest BCUT2D eigenvalue weighted by Gasteiger charge is 2.19. The Labute approximate surface area is 147 Å². The van der Waals surface area contributed by atoms with Gasteiger partial charge in [0.05, 0.1) is 6.54 Å². The summed E-state index contributed by atoms with van der Waals surface area (Å²) >= 11 is 1.33. The monoisotopic (exact) mass is 362 g/mol. The Bertz CT molecular complexity index is 993. The van der Waals surface area contributed by atoms with E-state index in [1.54, 1.807) is 16.7 Å². The molecule has 0 saturated heterocycles. The van der Waals surface area contributed by atoms with Crippen LogP contribution in [0.1, 0.15) is 0 Å². The number of thioether (sulfide) groups is 1. The fraction of sp³-hybridized carbons (Fsp3) is 0.312. The molecule has 0 spiro atoms. The molecule has 0 bridgehead atoms. The molecule has 0 saturated carbocycles. The number of aromatic nitrogens is 4. The number of aromatic amines is 1. The third-order valence-electron chi connectivity index (χ3n) is 3.73. The van der Waals surface area contributed by atoms with Gasteiger partial charge in [0.1, 0.15) is 18.5 Å². The van der Waals surface area contributed by atoms with Crippen LogP contribution >= 0.6 is 11.8 Å². The van der Waals surface area contributed by atoms with Crippen molar-refractivity contribution in [3.8, 4) is 5.75 Å². The van der Waals surface area contributed by atoms with Gasteiger partial charge in [-0.15, -0.1) is 0 Å². The second kappa shape index (κ2) is 7.16. The number of aliphatic hydroxyl groups excluding tert-OH is 1. The van der Waals surface area contributed by atoms with Crippen LogP contribution < -0.4 is 16.0 Å². The SMILES string of the molecule is CSc1nc2c(c(=O)[nH]c(=O)n2C)n1C[C@H](O)COc1ccccc1. The molecule has 0 aliphatic rings. The molecule has 3 rings (SSSR count). The number of imidazole rings is 1. The van der Waals surface area contributed by atoms with Gasteiger partial charge in [0.15, 0.2) is 16.3 Å². The number of aliphatic hydroxyl groups is 1. The normalized spacial score (nSPS) is 12.4. The van der Waals surface area contributed by atoms with Gasteiger partial charge in [-0.25, -0.2) is 9.78 Å². The Morgan fingerprint density at radius 3 is 2.72 bits per heavy atom. The predicted molar refractivity (Wildman–Crippen MR) is 95.3 cm³/mol. The van der Waals surface area contributed by atoms with E-state index in [2.05, 4.69) is 9.97 Å². The van der Waals surface area contributed by atoms with Gasteiger partial charge in [0, 0.05) is 7.05 Å². The first kappa shape index (κ1) is 17.3. The number of benzene rings is 1. The number of hydrogen-bond acceptors (Lipinski definition) is 6. The van der Waals surface area contributed by atoms with E-state index in [1.807, 2.05) is 24.5 Å². The van der Waals surface area contributed by atoms with Crippen LogP contribution in [0.25, 0.3) is 11.2 Å². The Morgan fingerprint density at radius 2 is 2.04 bits per heavy atom. The minimum absolute atomic E-state index is 0.0706. The fourth-order valence-electron chi connectivity index (χ4n) is 2.51. The minimum atomic E-state index is -0.847. The van der Waals surface area contributed by atoms with E-state index in [9.17, 15) is 14.7 Å². The van der Waals surface area contributed by atoms with Crippen molar-refractivity contribution < 1.29 is 9.84 Å². The third-order valence-corrected chi connectivity index (χ3v) is 4.41. The summed E-state index contributed by atoms with van der Waals surface area (Å²) in [6.45, 7) is 0.196. The Balaban J connectivity index is 1.89. The number of aryl methyl sites for hydroxylation is 1. The molecule has 0 aliphatic heterocycles. The highest BCUT2D eigenvalue weighted by atomic mass is 32.2. The van der Waals surface area contributed by atoms with Crippen molar-refractivity contribution in [2.75, 3.05) is 12.9 Å². The summed E-state index contributed by atoms with van der Waals surface area (Å²) in [6.07, 6.45) is 0.969. The van der Waals surface area contributed by atoms with Crippen molar-refractivity contribution >= 4 is 22.9 Å². The highest BCUT2D eigenvalue weighted by Crippen LogP contribution is 2.19. The smallest absolute Gasteiger partial charge is 0.329 e. The molecule has 1 atom stereocenters. The molecule has 3 aromatic rings. The average Bonchev–Trinajstić information content (AvgIpc) is 2.98. The number of para-hydroxylation sites is 1. The molecule has 25 heavy (non-hydrogen) atoms. The second-order valence-corrected chi connectivity index (χ2v) is 6.25. The molecule has 2 heterocycles. The molecule has 132 valence electrons. The Morgan fingerprint density at radius 1 is 1.32 bits per heavy atom. The highest BCUT2D eigenvalue weighted by molar-refractivity contribution is 7.98. The zero-order valence-electron chi connectivity index (χ0n) is 13.8. The molecule has 2 aromatic heterocycles. The van der Waals surface area contributed by atoms with E-state index < -0.39 is 17.4 Å². The molecular weight excluding hydrogens is 344 g/mol. The lowest BCUT2D eigenvalue weighted by Gasteiger charge is -2.14. The van der Waals surface area contributed by atoms with Crippen LogP contribution in [0.3, 0.4) is 0 Å². The minimum Gasteiger partial charge on any atom is -0.491 e. The fourth-order valence-corrected chi connectivity index (χ4v) is 3.08. The second-order valence-electron chi connectivity index (χ2n) is 5.48. The molecule has 0 radical (unpaired) electrons. The van der Waals surface area contributed by atoms with Crippen molar-refractivity contribution in [3.63, 3.8) is 0 Å². The third kappa shape index (κ3) is 3.47. The zero-order chi connectivity index (χ0) is 18.0. The first-order chi connectivity index (χ1) is 12.0. The molecular formula is C16H18N4O4S. The number of nitrogens with one attached hydrogen (secondary N) is 1. The molecule has 0 amide bonds. The maximum Gasteiger partial charge on any atom is 0.329 e. The van der Waals surface area contributed by atoms with Gasteiger partial charge in [0.25, 0.3) is 5.56 Å². The molecule has 8 nitrogen and oxygen atoms in total. The Kier molecular flexibility index (Phi) is 4.95. The molecule has 9 heteroatoms. The van der Waals surface area contributed by atoms with Crippen molar-refractivity contribution in [2.24, 2.45) is 7.05 Å². The van der Waals surface area contributed by atoms with Crippen LogP contribution in [-0.2, 0) is 13.6 Å². The van der Waals surface area contributed by atoms with Crippen molar-refractivity contribution in [1.82, 2.24) is 19.1 Å². The summed E-state index contributed by atoms with van der Waals surface area (Å²) in [5, 5.41) is 10.9. The summed E-state index contributed by atoms with van der Waals surface area (Å²) in [5.74, 6) is 0.655. The van der Waals surface area contributed by atoms with Crippen molar-refractivity contribution in [3.05, 3.63) is 51.2 Å². The van der Waals surface area contributed by atoms with Gasteiger partial charge in [-0.1, -0.05) is 30.0 Å².